The van der Waals surface area contributed by atoms with Crippen molar-refractivity contribution in [3.05, 3.63) is 140 Å². The highest BCUT2D eigenvalue weighted by Crippen LogP contribution is 2.40. The summed E-state index contributed by atoms with van der Waals surface area (Å²) in [5.41, 5.74) is 0.752. The number of H-pyrrole nitrogens is 1. The van der Waals surface area contributed by atoms with Crippen LogP contribution in [0.3, 0.4) is 0 Å². The molecule has 2 atom stereocenters. The van der Waals surface area contributed by atoms with Crippen LogP contribution in [0, 0.1) is 6.92 Å². The molecule has 7 heteroatoms. The van der Waals surface area contributed by atoms with Gasteiger partial charge in [0, 0.05) is 11.8 Å². The average molecular weight is 473 g/mol. The van der Waals surface area contributed by atoms with E-state index in [0.29, 0.717) is 5.56 Å². The van der Waals surface area contributed by atoms with Crippen molar-refractivity contribution in [2.75, 3.05) is 6.61 Å². The highest BCUT2D eigenvalue weighted by molar-refractivity contribution is 5.47. The fraction of sp³-hybridized carbons (Fsp3) is 0.214. The summed E-state index contributed by atoms with van der Waals surface area (Å²) in [6, 6.07) is 29.1. The lowest BCUT2D eigenvalue weighted by atomic mass is 9.80. The second kappa shape index (κ2) is 10.7. The van der Waals surface area contributed by atoms with E-state index in [4.69, 9.17) is 4.74 Å². The molecule has 0 radical (unpaired) electrons. The van der Waals surface area contributed by atoms with E-state index >= 15 is 0 Å². The molecule has 0 spiro atoms. The number of nitrogens with one attached hydrogen (secondary N) is 1. The summed E-state index contributed by atoms with van der Waals surface area (Å²) < 4.78 is 7.70. The minimum atomic E-state index is -1.31. The summed E-state index contributed by atoms with van der Waals surface area (Å²) in [4.78, 5) is 25.9. The summed E-state index contributed by atoms with van der Waals surface area (Å²) >= 11 is 0. The van der Waals surface area contributed by atoms with Crippen LogP contribution in [0.5, 0.6) is 0 Å². The molecule has 4 rings (SSSR count). The number of nitrogens with zero attached hydrogens (tertiary/aromatic N) is 1. The van der Waals surface area contributed by atoms with Crippen LogP contribution in [-0.4, -0.2) is 38.6 Å². The number of hydrogen-bond donors (Lipinski definition) is 3. The SMILES string of the molecule is Cc1cn(C[C@H](O)[C@@H](O)COC(c2ccccc2)(c2ccccc2)c2ccccc2)c(=O)[nH]c1=O. The van der Waals surface area contributed by atoms with Gasteiger partial charge in [0.1, 0.15) is 17.8 Å². The van der Waals surface area contributed by atoms with E-state index < -0.39 is 29.1 Å². The van der Waals surface area contributed by atoms with Crippen molar-refractivity contribution in [2.45, 2.75) is 31.3 Å². The Morgan fingerprint density at radius 3 is 1.71 bits per heavy atom. The zero-order chi connectivity index (χ0) is 24.8. The molecule has 0 saturated heterocycles. The van der Waals surface area contributed by atoms with Crippen molar-refractivity contribution in [1.82, 2.24) is 9.55 Å². The molecule has 1 aromatic heterocycles. The van der Waals surface area contributed by atoms with Gasteiger partial charge in [-0.05, 0) is 23.6 Å². The Labute approximate surface area is 202 Å². The molecule has 1 heterocycles. The maximum absolute atomic E-state index is 12.1. The summed E-state index contributed by atoms with van der Waals surface area (Å²) in [6.45, 7) is 1.15. The van der Waals surface area contributed by atoms with Gasteiger partial charge in [0.25, 0.3) is 5.56 Å². The molecule has 0 amide bonds. The van der Waals surface area contributed by atoms with Gasteiger partial charge in [0.05, 0.1) is 13.2 Å². The first-order valence-electron chi connectivity index (χ1n) is 11.4. The molecule has 3 N–H and O–H groups in total. The Kier molecular flexibility index (Phi) is 7.41. The molecule has 3 aromatic carbocycles. The molecule has 35 heavy (non-hydrogen) atoms. The lowest BCUT2D eigenvalue weighted by Crippen LogP contribution is -2.42. The molecular weight excluding hydrogens is 444 g/mol. The third kappa shape index (κ3) is 5.17. The van der Waals surface area contributed by atoms with Gasteiger partial charge in [-0.3, -0.25) is 14.3 Å². The first kappa shape index (κ1) is 24.3. The van der Waals surface area contributed by atoms with Crippen LogP contribution in [0.4, 0.5) is 0 Å². The van der Waals surface area contributed by atoms with E-state index in [0.717, 1.165) is 16.7 Å². The fourth-order valence-corrected chi connectivity index (χ4v) is 4.17. The van der Waals surface area contributed by atoms with Crippen LogP contribution in [0.1, 0.15) is 22.3 Å². The molecule has 0 aliphatic heterocycles. The molecular formula is C28H28N2O5. The third-order valence-electron chi connectivity index (χ3n) is 6.03. The van der Waals surface area contributed by atoms with Gasteiger partial charge in [-0.1, -0.05) is 91.0 Å². The number of aromatic nitrogens is 2. The second-order valence-corrected chi connectivity index (χ2v) is 8.45. The highest BCUT2D eigenvalue weighted by Gasteiger charge is 2.38. The number of ether oxygens (including phenoxy) is 1. The molecule has 4 aromatic rings. The first-order valence-corrected chi connectivity index (χ1v) is 11.4. The number of aryl methyl sites for hydroxylation is 1. The molecule has 0 bridgehead atoms. The van der Waals surface area contributed by atoms with Crippen molar-refractivity contribution in [1.29, 1.82) is 0 Å². The van der Waals surface area contributed by atoms with Gasteiger partial charge < -0.3 is 14.9 Å². The zero-order valence-corrected chi connectivity index (χ0v) is 19.4. The Balaban J connectivity index is 1.67. The summed E-state index contributed by atoms with van der Waals surface area (Å²) in [5, 5.41) is 21.5. The summed E-state index contributed by atoms with van der Waals surface area (Å²) in [6.07, 6.45) is -1.25. The quantitative estimate of drug-likeness (QED) is 0.325. The molecule has 0 aliphatic rings. The van der Waals surface area contributed by atoms with Crippen LogP contribution in [0.25, 0.3) is 0 Å². The number of aliphatic hydroxyl groups excluding tert-OH is 2. The second-order valence-electron chi connectivity index (χ2n) is 8.45. The lowest BCUT2D eigenvalue weighted by Gasteiger charge is -2.37. The van der Waals surface area contributed by atoms with E-state index in [1.165, 1.54) is 10.8 Å². The molecule has 0 saturated carbocycles. The smallest absolute Gasteiger partial charge is 0.328 e. The van der Waals surface area contributed by atoms with Crippen LogP contribution >= 0.6 is 0 Å². The standard InChI is InChI=1S/C28H28N2O5/c1-20-17-30(27(34)29-26(20)33)18-24(31)25(32)19-35-28(21-11-5-2-6-12-21,22-13-7-3-8-14-22)23-15-9-4-10-16-23/h2-17,24-25,31-32H,18-19H2,1H3,(H,29,33,34)/t24-,25-/m0/s1. The largest absolute Gasteiger partial charge is 0.388 e. The monoisotopic (exact) mass is 472 g/mol. The minimum absolute atomic E-state index is 0.198. The predicted octanol–water partition coefficient (Wildman–Crippen LogP) is 2.58. The zero-order valence-electron chi connectivity index (χ0n) is 19.4. The minimum Gasteiger partial charge on any atom is -0.388 e. The van der Waals surface area contributed by atoms with Crippen LogP contribution < -0.4 is 11.2 Å². The van der Waals surface area contributed by atoms with Crippen molar-refractivity contribution < 1.29 is 14.9 Å². The molecule has 0 aliphatic carbocycles. The normalized spacial score (nSPS) is 13.3. The number of aromatic amines is 1. The predicted molar refractivity (Wildman–Crippen MR) is 133 cm³/mol. The number of hydrogen-bond acceptors (Lipinski definition) is 5. The van der Waals surface area contributed by atoms with Gasteiger partial charge in [-0.25, -0.2) is 4.79 Å². The first-order chi connectivity index (χ1) is 16.9. The van der Waals surface area contributed by atoms with E-state index in [9.17, 15) is 19.8 Å². The van der Waals surface area contributed by atoms with Crippen LogP contribution in [0.15, 0.2) is 107 Å². The van der Waals surface area contributed by atoms with Crippen molar-refractivity contribution in [3.63, 3.8) is 0 Å². The van der Waals surface area contributed by atoms with Gasteiger partial charge in [0.2, 0.25) is 0 Å². The van der Waals surface area contributed by atoms with Gasteiger partial charge in [0.15, 0.2) is 0 Å². The lowest BCUT2D eigenvalue weighted by molar-refractivity contribution is -0.0819. The number of aliphatic hydroxyl groups is 2. The van der Waals surface area contributed by atoms with Crippen LogP contribution in [-0.2, 0) is 16.9 Å². The van der Waals surface area contributed by atoms with Crippen molar-refractivity contribution in [3.8, 4) is 0 Å². The number of benzene rings is 3. The Hall–Kier alpha value is -3.78. The topological polar surface area (TPSA) is 105 Å². The maximum atomic E-state index is 12.1. The van der Waals surface area contributed by atoms with E-state index in [1.807, 2.05) is 91.0 Å². The Morgan fingerprint density at radius 2 is 1.26 bits per heavy atom. The van der Waals surface area contributed by atoms with Crippen LogP contribution in [0.2, 0.25) is 0 Å². The van der Waals surface area contributed by atoms with Gasteiger partial charge in [-0.2, -0.15) is 0 Å². The van der Waals surface area contributed by atoms with Crippen molar-refractivity contribution >= 4 is 0 Å². The fourth-order valence-electron chi connectivity index (χ4n) is 4.17. The van der Waals surface area contributed by atoms with Crippen molar-refractivity contribution in [2.24, 2.45) is 0 Å². The highest BCUT2D eigenvalue weighted by atomic mass is 16.5. The summed E-state index contributed by atoms with van der Waals surface area (Å²) in [7, 11) is 0. The Morgan fingerprint density at radius 1 is 0.800 bits per heavy atom. The van der Waals surface area contributed by atoms with E-state index in [2.05, 4.69) is 4.98 Å². The molecule has 0 unspecified atom stereocenters. The third-order valence-corrected chi connectivity index (χ3v) is 6.03. The molecule has 180 valence electrons. The van der Waals surface area contributed by atoms with E-state index in [-0.39, 0.29) is 13.2 Å². The van der Waals surface area contributed by atoms with E-state index in [1.54, 1.807) is 6.92 Å². The van der Waals surface area contributed by atoms with Gasteiger partial charge in [-0.15, -0.1) is 0 Å². The average Bonchev–Trinajstić information content (AvgIpc) is 2.89. The Bertz CT molecular complexity index is 1250. The molecule has 0 fully saturated rings. The maximum Gasteiger partial charge on any atom is 0.328 e. The molecule has 7 nitrogen and oxygen atoms in total. The summed E-state index contributed by atoms with van der Waals surface area (Å²) in [5.74, 6) is 0. The number of rotatable bonds is 9. The van der Waals surface area contributed by atoms with Gasteiger partial charge >= 0.3 is 5.69 Å².